The van der Waals surface area contributed by atoms with Gasteiger partial charge < -0.3 is 4.90 Å². The maximum absolute atomic E-state index is 14.0. The topological polar surface area (TPSA) is 51.0 Å². The molecule has 2 heterocycles. The fourth-order valence-corrected chi connectivity index (χ4v) is 4.79. The normalized spacial score (nSPS) is 15.6. The van der Waals surface area contributed by atoms with E-state index in [9.17, 15) is 4.79 Å². The highest BCUT2D eigenvalue weighted by Gasteiger charge is 2.31. The maximum Gasteiger partial charge on any atom is 0.256 e. The SMILES string of the molecule is Cc1cc(CN(C(=O)c2cccc3cccnc23)[C@@H]2CCCc3ccccc32)n(C)n1. The van der Waals surface area contributed by atoms with Gasteiger partial charge in [-0.05, 0) is 55.5 Å². The van der Waals surface area contributed by atoms with Gasteiger partial charge in [0.25, 0.3) is 5.91 Å². The third-order valence-electron chi connectivity index (χ3n) is 6.27. The molecule has 0 N–H and O–H groups in total. The van der Waals surface area contributed by atoms with Crippen molar-refractivity contribution in [2.24, 2.45) is 7.05 Å². The van der Waals surface area contributed by atoms with E-state index in [1.807, 2.05) is 53.9 Å². The van der Waals surface area contributed by atoms with Gasteiger partial charge in [0.05, 0.1) is 35.1 Å². The van der Waals surface area contributed by atoms with E-state index in [1.165, 1.54) is 11.1 Å². The zero-order valence-electron chi connectivity index (χ0n) is 18.0. The molecule has 0 saturated carbocycles. The van der Waals surface area contributed by atoms with E-state index in [4.69, 9.17) is 0 Å². The van der Waals surface area contributed by atoms with Crippen molar-refractivity contribution in [2.45, 2.75) is 38.8 Å². The van der Waals surface area contributed by atoms with Gasteiger partial charge in [0.1, 0.15) is 0 Å². The largest absolute Gasteiger partial charge is 0.326 e. The van der Waals surface area contributed by atoms with Crippen LogP contribution in [0.1, 0.15) is 51.8 Å². The first-order chi connectivity index (χ1) is 15.1. The molecule has 5 rings (SSSR count). The van der Waals surface area contributed by atoms with Crippen molar-refractivity contribution in [3.8, 4) is 0 Å². The second-order valence-electron chi connectivity index (χ2n) is 8.32. The monoisotopic (exact) mass is 410 g/mol. The van der Waals surface area contributed by atoms with Crippen LogP contribution in [0.25, 0.3) is 10.9 Å². The molecular formula is C26H26N4O. The molecule has 5 nitrogen and oxygen atoms in total. The summed E-state index contributed by atoms with van der Waals surface area (Å²) in [6.07, 6.45) is 4.85. The highest BCUT2D eigenvalue weighted by atomic mass is 16.2. The number of benzene rings is 2. The third kappa shape index (κ3) is 3.61. The predicted octanol–water partition coefficient (Wildman–Crippen LogP) is 5.00. The molecule has 0 radical (unpaired) electrons. The Hall–Kier alpha value is -3.47. The molecule has 0 fully saturated rings. The number of rotatable bonds is 4. The summed E-state index contributed by atoms with van der Waals surface area (Å²) >= 11 is 0. The van der Waals surface area contributed by atoms with E-state index in [0.29, 0.717) is 12.1 Å². The van der Waals surface area contributed by atoms with E-state index in [0.717, 1.165) is 41.6 Å². The highest BCUT2D eigenvalue weighted by Crippen LogP contribution is 2.36. The zero-order valence-corrected chi connectivity index (χ0v) is 18.0. The van der Waals surface area contributed by atoms with Crippen LogP contribution in [-0.2, 0) is 20.0 Å². The number of aromatic nitrogens is 3. The fraction of sp³-hybridized carbons (Fsp3) is 0.269. The smallest absolute Gasteiger partial charge is 0.256 e. The molecule has 0 unspecified atom stereocenters. The van der Waals surface area contributed by atoms with Crippen LogP contribution in [0.5, 0.6) is 0 Å². The first-order valence-corrected chi connectivity index (χ1v) is 10.8. The summed E-state index contributed by atoms with van der Waals surface area (Å²) in [6.45, 7) is 2.50. The van der Waals surface area contributed by atoms with Crippen LogP contribution in [0.3, 0.4) is 0 Å². The Labute approximate surface area is 182 Å². The molecule has 0 saturated heterocycles. The number of para-hydroxylation sites is 1. The molecule has 156 valence electrons. The van der Waals surface area contributed by atoms with Crippen molar-refractivity contribution in [2.75, 3.05) is 0 Å². The van der Waals surface area contributed by atoms with Crippen molar-refractivity contribution < 1.29 is 4.79 Å². The van der Waals surface area contributed by atoms with Gasteiger partial charge in [-0.1, -0.05) is 42.5 Å². The predicted molar refractivity (Wildman–Crippen MR) is 122 cm³/mol. The number of amides is 1. The number of pyridine rings is 1. The molecule has 0 aliphatic heterocycles. The Kier molecular flexibility index (Phi) is 5.02. The number of carbonyl (C=O) groups excluding carboxylic acids is 1. The Balaban J connectivity index is 1.62. The quantitative estimate of drug-likeness (QED) is 0.476. The molecule has 31 heavy (non-hydrogen) atoms. The number of aryl methyl sites for hydroxylation is 3. The molecule has 2 aromatic heterocycles. The van der Waals surface area contributed by atoms with E-state index in [2.05, 4.69) is 40.4 Å². The summed E-state index contributed by atoms with van der Waals surface area (Å²) in [5.74, 6) is 0.0184. The Morgan fingerprint density at radius 1 is 1.13 bits per heavy atom. The summed E-state index contributed by atoms with van der Waals surface area (Å²) in [6, 6.07) is 20.4. The van der Waals surface area contributed by atoms with Crippen LogP contribution >= 0.6 is 0 Å². The van der Waals surface area contributed by atoms with Gasteiger partial charge in [-0.25, -0.2) is 0 Å². The van der Waals surface area contributed by atoms with Crippen LogP contribution in [-0.4, -0.2) is 25.6 Å². The van der Waals surface area contributed by atoms with E-state index in [-0.39, 0.29) is 11.9 Å². The van der Waals surface area contributed by atoms with Gasteiger partial charge in [0, 0.05) is 18.6 Å². The van der Waals surface area contributed by atoms with Crippen molar-refractivity contribution >= 4 is 16.8 Å². The molecule has 4 aromatic rings. The molecule has 1 aliphatic rings. The lowest BCUT2D eigenvalue weighted by Gasteiger charge is -2.36. The number of hydrogen-bond acceptors (Lipinski definition) is 3. The Morgan fingerprint density at radius 2 is 1.97 bits per heavy atom. The molecule has 0 spiro atoms. The molecule has 5 heteroatoms. The van der Waals surface area contributed by atoms with Gasteiger partial charge in [0.2, 0.25) is 0 Å². The van der Waals surface area contributed by atoms with Gasteiger partial charge in [-0.15, -0.1) is 0 Å². The van der Waals surface area contributed by atoms with Crippen molar-refractivity contribution in [3.05, 3.63) is 94.9 Å². The molecule has 1 amide bonds. The van der Waals surface area contributed by atoms with Gasteiger partial charge in [0.15, 0.2) is 0 Å². The van der Waals surface area contributed by atoms with Crippen LogP contribution in [0.15, 0.2) is 66.9 Å². The second kappa shape index (κ2) is 7.99. The first-order valence-electron chi connectivity index (χ1n) is 10.8. The number of hydrogen-bond donors (Lipinski definition) is 0. The lowest BCUT2D eigenvalue weighted by Crippen LogP contribution is -2.37. The highest BCUT2D eigenvalue weighted by molar-refractivity contribution is 6.05. The average molecular weight is 411 g/mol. The Bertz CT molecular complexity index is 1250. The fourth-order valence-electron chi connectivity index (χ4n) is 4.79. The number of fused-ring (bicyclic) bond motifs is 2. The standard InChI is InChI=1S/C26H26N4O/c1-18-16-21(29(2)28-18)17-30(24-14-6-9-19-8-3-4-12-22(19)24)26(31)23-13-5-10-20-11-7-15-27-25(20)23/h3-5,7-8,10-13,15-16,24H,6,9,14,17H2,1-2H3/t24-/m1/s1. The van der Waals surface area contributed by atoms with Gasteiger partial charge in [-0.3, -0.25) is 14.5 Å². The molecule has 1 aliphatic carbocycles. The summed E-state index contributed by atoms with van der Waals surface area (Å²) in [5, 5.41) is 5.48. The minimum absolute atomic E-state index is 0.0184. The molecule has 0 bridgehead atoms. The summed E-state index contributed by atoms with van der Waals surface area (Å²) in [5.41, 5.74) is 6.00. The van der Waals surface area contributed by atoms with Crippen LogP contribution in [0.2, 0.25) is 0 Å². The summed E-state index contributed by atoms with van der Waals surface area (Å²) in [7, 11) is 1.94. The van der Waals surface area contributed by atoms with E-state index < -0.39 is 0 Å². The van der Waals surface area contributed by atoms with Crippen LogP contribution in [0.4, 0.5) is 0 Å². The van der Waals surface area contributed by atoms with Gasteiger partial charge in [-0.2, -0.15) is 5.10 Å². The average Bonchev–Trinajstić information content (AvgIpc) is 3.12. The maximum atomic E-state index is 14.0. The van der Waals surface area contributed by atoms with Crippen LogP contribution in [0, 0.1) is 6.92 Å². The summed E-state index contributed by atoms with van der Waals surface area (Å²) < 4.78 is 1.88. The zero-order chi connectivity index (χ0) is 21.4. The van der Waals surface area contributed by atoms with Gasteiger partial charge >= 0.3 is 0 Å². The molecule has 2 aromatic carbocycles. The van der Waals surface area contributed by atoms with E-state index >= 15 is 0 Å². The molecule has 1 atom stereocenters. The van der Waals surface area contributed by atoms with E-state index in [1.54, 1.807) is 6.20 Å². The number of nitrogens with zero attached hydrogens (tertiary/aromatic N) is 4. The van der Waals surface area contributed by atoms with Crippen molar-refractivity contribution in [3.63, 3.8) is 0 Å². The second-order valence-corrected chi connectivity index (χ2v) is 8.32. The lowest BCUT2D eigenvalue weighted by atomic mass is 9.86. The number of carbonyl (C=O) groups is 1. The van der Waals surface area contributed by atoms with Crippen LogP contribution < -0.4 is 0 Å². The summed E-state index contributed by atoms with van der Waals surface area (Å²) in [4.78, 5) is 20.6. The molecular weight excluding hydrogens is 384 g/mol. The third-order valence-corrected chi connectivity index (χ3v) is 6.27. The minimum atomic E-state index is 0.0184. The minimum Gasteiger partial charge on any atom is -0.326 e. The Morgan fingerprint density at radius 3 is 2.81 bits per heavy atom. The lowest BCUT2D eigenvalue weighted by molar-refractivity contribution is 0.0634. The van der Waals surface area contributed by atoms with Crippen molar-refractivity contribution in [1.29, 1.82) is 0 Å². The first kappa shape index (κ1) is 19.5. The van der Waals surface area contributed by atoms with Crippen molar-refractivity contribution in [1.82, 2.24) is 19.7 Å².